The second-order valence-electron chi connectivity index (χ2n) is 11.8. The molecule has 0 radical (unpaired) electrons. The van der Waals surface area contributed by atoms with Gasteiger partial charge in [-0.05, 0) is 53.8 Å². The fraction of sp³-hybridized carbons (Fsp3) is 0.314. The minimum atomic E-state index is -0.383. The van der Waals surface area contributed by atoms with E-state index in [1.54, 1.807) is 10.9 Å². The molecule has 9 nitrogen and oxygen atoms in total. The van der Waals surface area contributed by atoms with Gasteiger partial charge in [0.2, 0.25) is 0 Å². The van der Waals surface area contributed by atoms with Gasteiger partial charge in [-0.2, -0.15) is 5.10 Å². The van der Waals surface area contributed by atoms with Crippen molar-refractivity contribution in [3.05, 3.63) is 113 Å². The number of fused-ring (bicyclic) bond motifs is 1. The highest BCUT2D eigenvalue weighted by atomic mass is 16.5. The van der Waals surface area contributed by atoms with Crippen LogP contribution in [0.1, 0.15) is 64.5 Å². The normalized spacial score (nSPS) is 19.6. The first-order valence-electron chi connectivity index (χ1n) is 15.2. The van der Waals surface area contributed by atoms with Crippen LogP contribution in [-0.4, -0.2) is 55.4 Å². The summed E-state index contributed by atoms with van der Waals surface area (Å²) in [6.07, 6.45) is 5.56. The number of hydrogen-bond donors (Lipinski definition) is 0. The standard InChI is InChI=1S/C35H36N6O3/c1-4-28-21-40(20-26-10-5-6-14-33(26)44-28)19-23-9-7-11-24(15-23)25-12-8-13-27(16-25)41-34(31(18-36-41)35(42)43-3)30-17-29(30)32-22-39(2)38-37-32/h5-16,18,22,28-30H,4,17,19-21H2,1-3H3/t28-,29-,30-/m1/s1. The van der Waals surface area contributed by atoms with E-state index >= 15 is 0 Å². The van der Waals surface area contributed by atoms with E-state index in [1.165, 1.54) is 18.2 Å². The molecule has 5 aromatic rings. The third kappa shape index (κ3) is 5.51. The van der Waals surface area contributed by atoms with Gasteiger partial charge >= 0.3 is 5.97 Å². The van der Waals surface area contributed by atoms with Crippen molar-refractivity contribution in [2.75, 3.05) is 13.7 Å². The number of aromatic nitrogens is 5. The van der Waals surface area contributed by atoms with Gasteiger partial charge in [-0.3, -0.25) is 9.58 Å². The van der Waals surface area contributed by atoms with Gasteiger partial charge in [-0.15, -0.1) is 5.10 Å². The summed E-state index contributed by atoms with van der Waals surface area (Å²) < 4.78 is 15.0. The Kier molecular flexibility index (Phi) is 7.47. The van der Waals surface area contributed by atoms with Crippen LogP contribution in [0.2, 0.25) is 0 Å². The SMILES string of the molecule is CC[C@@H]1CN(Cc2cccc(-c3cccc(-n4ncc(C(=O)OC)c4[C@@H]4C[C@H]4c4cn(C)nn4)c3)c2)Cc2ccccc2O1. The first-order valence-corrected chi connectivity index (χ1v) is 15.2. The molecule has 3 aromatic carbocycles. The molecule has 1 fully saturated rings. The number of ether oxygens (including phenoxy) is 2. The highest BCUT2D eigenvalue weighted by molar-refractivity contribution is 5.91. The molecular formula is C35H36N6O3. The van der Waals surface area contributed by atoms with Gasteiger partial charge < -0.3 is 9.47 Å². The van der Waals surface area contributed by atoms with E-state index in [4.69, 9.17) is 9.47 Å². The molecule has 0 unspecified atom stereocenters. The molecule has 0 spiro atoms. The smallest absolute Gasteiger partial charge is 0.341 e. The molecule has 3 heterocycles. The second kappa shape index (κ2) is 11.7. The lowest BCUT2D eigenvalue weighted by molar-refractivity contribution is 0.0599. The summed E-state index contributed by atoms with van der Waals surface area (Å²) in [6, 6.07) is 25.4. The number of hydrogen-bond acceptors (Lipinski definition) is 7. The van der Waals surface area contributed by atoms with Gasteiger partial charge in [0.1, 0.15) is 17.4 Å². The molecule has 2 aromatic heterocycles. The van der Waals surface area contributed by atoms with E-state index in [2.05, 4.69) is 81.8 Å². The molecular weight excluding hydrogens is 552 g/mol. The zero-order chi connectivity index (χ0) is 30.2. The Morgan fingerprint density at radius 3 is 2.64 bits per heavy atom. The van der Waals surface area contributed by atoms with Crippen molar-refractivity contribution >= 4 is 5.97 Å². The Morgan fingerprint density at radius 1 is 1.02 bits per heavy atom. The topological polar surface area (TPSA) is 87.3 Å². The third-order valence-electron chi connectivity index (χ3n) is 8.69. The molecule has 1 saturated carbocycles. The summed E-state index contributed by atoms with van der Waals surface area (Å²) in [7, 11) is 3.27. The van der Waals surface area contributed by atoms with E-state index < -0.39 is 0 Å². The Balaban J connectivity index is 1.17. The first kappa shape index (κ1) is 28.0. The molecule has 224 valence electrons. The monoisotopic (exact) mass is 588 g/mol. The predicted molar refractivity (Wildman–Crippen MR) is 167 cm³/mol. The van der Waals surface area contributed by atoms with Crippen molar-refractivity contribution in [2.24, 2.45) is 7.05 Å². The van der Waals surface area contributed by atoms with Gasteiger partial charge in [0, 0.05) is 50.3 Å². The zero-order valence-corrected chi connectivity index (χ0v) is 25.3. The molecule has 0 saturated heterocycles. The van der Waals surface area contributed by atoms with Gasteiger partial charge in [-0.25, -0.2) is 9.48 Å². The number of nitrogens with zero attached hydrogens (tertiary/aromatic N) is 6. The first-order chi connectivity index (χ1) is 21.5. The minimum absolute atomic E-state index is 0.102. The van der Waals surface area contributed by atoms with Crippen molar-refractivity contribution in [3.63, 3.8) is 0 Å². The van der Waals surface area contributed by atoms with Gasteiger partial charge in [0.15, 0.2) is 0 Å². The summed E-state index contributed by atoms with van der Waals surface area (Å²) in [4.78, 5) is 15.2. The van der Waals surface area contributed by atoms with Gasteiger partial charge in [0.25, 0.3) is 0 Å². The van der Waals surface area contributed by atoms with Crippen molar-refractivity contribution in [1.29, 1.82) is 0 Å². The van der Waals surface area contributed by atoms with E-state index in [0.717, 1.165) is 66.4 Å². The molecule has 7 rings (SSSR count). The fourth-order valence-electron chi connectivity index (χ4n) is 6.36. The molecule has 0 N–H and O–H groups in total. The van der Waals surface area contributed by atoms with Crippen LogP contribution in [0.3, 0.4) is 0 Å². The Labute approximate surface area is 257 Å². The molecule has 1 aliphatic heterocycles. The third-order valence-corrected chi connectivity index (χ3v) is 8.69. The highest BCUT2D eigenvalue weighted by Gasteiger charge is 2.46. The average molecular weight is 589 g/mol. The lowest BCUT2D eigenvalue weighted by Gasteiger charge is -2.23. The average Bonchev–Trinajstić information content (AvgIpc) is 3.57. The Morgan fingerprint density at radius 2 is 1.84 bits per heavy atom. The van der Waals surface area contributed by atoms with Crippen LogP contribution in [-0.2, 0) is 24.9 Å². The minimum Gasteiger partial charge on any atom is -0.489 e. The van der Waals surface area contributed by atoms with Gasteiger partial charge in [-0.1, -0.05) is 60.7 Å². The highest BCUT2D eigenvalue weighted by Crippen LogP contribution is 2.55. The molecule has 0 amide bonds. The summed E-state index contributed by atoms with van der Waals surface area (Å²) in [6.45, 7) is 4.75. The lowest BCUT2D eigenvalue weighted by atomic mass is 10.0. The molecule has 1 aliphatic carbocycles. The zero-order valence-electron chi connectivity index (χ0n) is 25.3. The predicted octanol–water partition coefficient (Wildman–Crippen LogP) is 5.90. The van der Waals surface area contributed by atoms with Crippen LogP contribution in [0.25, 0.3) is 16.8 Å². The summed E-state index contributed by atoms with van der Waals surface area (Å²) in [5.41, 5.74) is 7.87. The molecule has 0 bridgehead atoms. The second-order valence-corrected chi connectivity index (χ2v) is 11.8. The van der Waals surface area contributed by atoms with Crippen LogP contribution in [0.4, 0.5) is 0 Å². The number of aryl methyl sites for hydroxylation is 1. The molecule has 9 heteroatoms. The van der Waals surface area contributed by atoms with E-state index in [-0.39, 0.29) is 23.9 Å². The van der Waals surface area contributed by atoms with Crippen molar-refractivity contribution in [1.82, 2.24) is 29.7 Å². The van der Waals surface area contributed by atoms with Crippen LogP contribution in [0, 0.1) is 0 Å². The maximum atomic E-state index is 12.8. The van der Waals surface area contributed by atoms with Crippen molar-refractivity contribution in [3.8, 4) is 22.6 Å². The molecule has 44 heavy (non-hydrogen) atoms. The summed E-state index contributed by atoms with van der Waals surface area (Å²) in [5.74, 6) is 0.901. The van der Waals surface area contributed by atoms with Gasteiger partial charge in [0.05, 0.1) is 30.4 Å². The van der Waals surface area contributed by atoms with E-state index in [0.29, 0.717) is 5.56 Å². The number of methoxy groups -OCH3 is 1. The molecule has 2 aliphatic rings. The number of esters is 1. The van der Waals surface area contributed by atoms with Crippen molar-refractivity contribution < 1.29 is 14.3 Å². The number of carbonyl (C=O) groups is 1. The number of benzene rings is 3. The summed E-state index contributed by atoms with van der Waals surface area (Å²) >= 11 is 0. The van der Waals surface area contributed by atoms with E-state index in [9.17, 15) is 4.79 Å². The van der Waals surface area contributed by atoms with E-state index in [1.807, 2.05) is 36.1 Å². The van der Waals surface area contributed by atoms with Crippen LogP contribution < -0.4 is 4.74 Å². The quantitative estimate of drug-likeness (QED) is 0.209. The number of carbonyl (C=O) groups excluding carboxylic acids is 1. The Hall–Kier alpha value is -4.76. The lowest BCUT2D eigenvalue weighted by Crippen LogP contribution is -2.32. The summed E-state index contributed by atoms with van der Waals surface area (Å²) in [5, 5.41) is 13.1. The van der Waals surface area contributed by atoms with Crippen LogP contribution >= 0.6 is 0 Å². The van der Waals surface area contributed by atoms with Crippen molar-refractivity contribution in [2.45, 2.75) is 50.8 Å². The maximum absolute atomic E-state index is 12.8. The largest absolute Gasteiger partial charge is 0.489 e. The van der Waals surface area contributed by atoms with Crippen LogP contribution in [0.5, 0.6) is 5.75 Å². The number of para-hydroxylation sites is 1. The fourth-order valence-corrected chi connectivity index (χ4v) is 6.36. The molecule has 3 atom stereocenters. The number of rotatable bonds is 8. The van der Waals surface area contributed by atoms with Crippen LogP contribution in [0.15, 0.2) is 85.2 Å². The Bertz CT molecular complexity index is 1810. The maximum Gasteiger partial charge on any atom is 0.341 e.